The lowest BCUT2D eigenvalue weighted by atomic mass is 9.84. The second-order valence-electron chi connectivity index (χ2n) is 10.4. The van der Waals surface area contributed by atoms with Gasteiger partial charge in [0, 0.05) is 47.7 Å². The molecule has 1 unspecified atom stereocenters. The van der Waals surface area contributed by atoms with Gasteiger partial charge in [0.05, 0.1) is 17.5 Å². The Bertz CT molecular complexity index is 1480. The Morgan fingerprint density at radius 3 is 2.62 bits per heavy atom. The summed E-state index contributed by atoms with van der Waals surface area (Å²) in [5.74, 6) is -0.168. The number of carbonyl (C=O) groups excluding carboxylic acids is 2. The number of carbonyl (C=O) groups is 2. The molecule has 0 aliphatic carbocycles. The molecule has 1 atom stereocenters. The van der Waals surface area contributed by atoms with E-state index < -0.39 is 11.4 Å². The van der Waals surface area contributed by atoms with Crippen molar-refractivity contribution in [1.29, 1.82) is 0 Å². The molecule has 4 aromatic rings. The molecule has 2 aromatic carbocycles. The molecule has 9 heteroatoms. The number of para-hydroxylation sites is 1. The summed E-state index contributed by atoms with van der Waals surface area (Å²) in [4.78, 5) is 36.5. The first-order valence-electron chi connectivity index (χ1n) is 13.4. The van der Waals surface area contributed by atoms with Gasteiger partial charge in [-0.3, -0.25) is 29.7 Å². The van der Waals surface area contributed by atoms with Crippen LogP contribution in [0.3, 0.4) is 0 Å². The molecule has 1 fully saturated rings. The minimum atomic E-state index is -0.815. The summed E-state index contributed by atoms with van der Waals surface area (Å²) >= 11 is 0. The van der Waals surface area contributed by atoms with Gasteiger partial charge in [-0.2, -0.15) is 0 Å². The second kappa shape index (κ2) is 12.2. The van der Waals surface area contributed by atoms with E-state index in [-0.39, 0.29) is 12.3 Å². The maximum Gasteiger partial charge on any atom is 0.251 e. The molecule has 0 spiro atoms. The number of fused-ring (bicyclic) bond motifs is 1. The van der Waals surface area contributed by atoms with Gasteiger partial charge in [0.15, 0.2) is 0 Å². The average molecular weight is 540 g/mol. The Balaban J connectivity index is 1.26. The third kappa shape index (κ3) is 6.62. The van der Waals surface area contributed by atoms with Crippen molar-refractivity contribution in [1.82, 2.24) is 25.7 Å². The second-order valence-corrected chi connectivity index (χ2v) is 10.4. The Kier molecular flexibility index (Phi) is 8.33. The number of rotatable bonds is 9. The third-order valence-corrected chi connectivity index (χ3v) is 7.25. The number of aromatic nitrogens is 2. The van der Waals surface area contributed by atoms with Crippen molar-refractivity contribution in [3.05, 3.63) is 102 Å². The zero-order chi connectivity index (χ0) is 28.0. The van der Waals surface area contributed by atoms with E-state index in [9.17, 15) is 14.8 Å². The van der Waals surface area contributed by atoms with Gasteiger partial charge in [-0.05, 0) is 80.4 Å². The zero-order valence-electron chi connectivity index (χ0n) is 22.5. The molecule has 1 aliphatic heterocycles. The highest BCUT2D eigenvalue weighted by Gasteiger charge is 2.39. The fourth-order valence-electron chi connectivity index (χ4n) is 5.44. The molecule has 9 nitrogen and oxygen atoms in total. The maximum absolute atomic E-state index is 13.3. The molecule has 1 saturated heterocycles. The van der Waals surface area contributed by atoms with Crippen LogP contribution in [0.5, 0.6) is 5.75 Å². The SMILES string of the molecule is Cc1cc(COc2ccc(C(=O)NC3(CC(=O)NO)CCCN(Cc4ccncc4)C3)cc2)c2ccccc2n1. The van der Waals surface area contributed by atoms with E-state index in [1.165, 1.54) is 0 Å². The van der Waals surface area contributed by atoms with Crippen LogP contribution in [0.1, 0.15) is 46.4 Å². The highest BCUT2D eigenvalue weighted by molar-refractivity contribution is 5.95. The van der Waals surface area contributed by atoms with Crippen molar-refractivity contribution < 1.29 is 19.5 Å². The smallest absolute Gasteiger partial charge is 0.251 e. The number of benzene rings is 2. The van der Waals surface area contributed by atoms with Crippen molar-refractivity contribution in [2.24, 2.45) is 0 Å². The van der Waals surface area contributed by atoms with E-state index in [2.05, 4.69) is 20.2 Å². The van der Waals surface area contributed by atoms with Gasteiger partial charge in [0.2, 0.25) is 5.91 Å². The number of piperidine rings is 1. The van der Waals surface area contributed by atoms with Gasteiger partial charge < -0.3 is 10.1 Å². The lowest BCUT2D eigenvalue weighted by Crippen LogP contribution is -2.60. The van der Waals surface area contributed by atoms with Crippen LogP contribution >= 0.6 is 0 Å². The molecule has 5 rings (SSSR count). The number of hydroxylamine groups is 1. The minimum Gasteiger partial charge on any atom is -0.489 e. The maximum atomic E-state index is 13.3. The number of aryl methyl sites for hydroxylation is 1. The molecule has 2 aromatic heterocycles. The van der Waals surface area contributed by atoms with Crippen LogP contribution in [0.2, 0.25) is 0 Å². The van der Waals surface area contributed by atoms with Gasteiger partial charge in [-0.15, -0.1) is 0 Å². The van der Waals surface area contributed by atoms with E-state index in [1.807, 2.05) is 49.4 Å². The molecular weight excluding hydrogens is 506 g/mol. The number of nitrogens with zero attached hydrogens (tertiary/aromatic N) is 3. The summed E-state index contributed by atoms with van der Waals surface area (Å²) in [6.45, 7) is 4.35. The molecule has 3 heterocycles. The molecule has 0 radical (unpaired) electrons. The zero-order valence-corrected chi connectivity index (χ0v) is 22.5. The number of amides is 2. The Morgan fingerprint density at radius 2 is 1.85 bits per heavy atom. The van der Waals surface area contributed by atoms with E-state index in [0.717, 1.165) is 40.7 Å². The van der Waals surface area contributed by atoms with Crippen molar-refractivity contribution >= 4 is 22.7 Å². The van der Waals surface area contributed by atoms with Gasteiger partial charge >= 0.3 is 0 Å². The first kappa shape index (κ1) is 27.2. The van der Waals surface area contributed by atoms with Gasteiger partial charge in [-0.25, -0.2) is 5.48 Å². The predicted octanol–water partition coefficient (Wildman–Crippen LogP) is 4.18. The first-order chi connectivity index (χ1) is 19.4. The minimum absolute atomic E-state index is 0.0252. The molecule has 2 amide bonds. The quantitative estimate of drug-likeness (QED) is 0.216. The third-order valence-electron chi connectivity index (χ3n) is 7.25. The molecule has 0 bridgehead atoms. The van der Waals surface area contributed by atoms with Crippen LogP contribution in [0, 0.1) is 6.92 Å². The van der Waals surface area contributed by atoms with Gasteiger partial charge in [0.1, 0.15) is 12.4 Å². The fraction of sp³-hybridized carbons (Fsp3) is 0.290. The number of pyridine rings is 2. The summed E-state index contributed by atoms with van der Waals surface area (Å²) in [7, 11) is 0. The van der Waals surface area contributed by atoms with Crippen molar-refractivity contribution in [3.63, 3.8) is 0 Å². The summed E-state index contributed by atoms with van der Waals surface area (Å²) in [6.07, 6.45) is 4.91. The molecule has 1 aliphatic rings. The summed E-state index contributed by atoms with van der Waals surface area (Å²) in [5.41, 5.74) is 5.38. The molecule has 3 N–H and O–H groups in total. The Morgan fingerprint density at radius 1 is 1.07 bits per heavy atom. The standard InChI is InChI=1S/C31H33N5O4/c1-22-17-25(27-5-2-3-6-28(27)33-22)20-40-26-9-7-24(8-10-26)30(38)34-31(18-29(37)35-39)13-4-16-36(21-31)19-23-11-14-32-15-12-23/h2-3,5-12,14-15,17,39H,4,13,16,18-21H2,1H3,(H,34,38)(H,35,37). The van der Waals surface area contributed by atoms with Crippen molar-refractivity contribution in [2.75, 3.05) is 13.1 Å². The van der Waals surface area contributed by atoms with Gasteiger partial charge in [-0.1, -0.05) is 18.2 Å². The lowest BCUT2D eigenvalue weighted by molar-refractivity contribution is -0.131. The average Bonchev–Trinajstić information content (AvgIpc) is 2.96. The number of nitrogens with one attached hydrogen (secondary N) is 2. The summed E-state index contributed by atoms with van der Waals surface area (Å²) in [6, 6.07) is 20.9. The topological polar surface area (TPSA) is 117 Å². The van der Waals surface area contributed by atoms with E-state index >= 15 is 0 Å². The summed E-state index contributed by atoms with van der Waals surface area (Å²) < 4.78 is 6.05. The Hall–Kier alpha value is -4.34. The number of likely N-dealkylation sites (tertiary alicyclic amines) is 1. The normalized spacial score (nSPS) is 17.4. The molecule has 0 saturated carbocycles. The van der Waals surface area contributed by atoms with E-state index in [1.54, 1.807) is 42.1 Å². The van der Waals surface area contributed by atoms with Crippen LogP contribution in [0.15, 0.2) is 79.1 Å². The largest absolute Gasteiger partial charge is 0.489 e. The van der Waals surface area contributed by atoms with Crippen molar-refractivity contribution in [3.8, 4) is 5.75 Å². The van der Waals surface area contributed by atoms with Crippen LogP contribution < -0.4 is 15.5 Å². The molecule has 206 valence electrons. The van der Waals surface area contributed by atoms with Crippen LogP contribution in [0.25, 0.3) is 10.9 Å². The number of hydrogen-bond donors (Lipinski definition) is 3. The predicted molar refractivity (Wildman–Crippen MR) is 151 cm³/mol. The lowest BCUT2D eigenvalue weighted by Gasteiger charge is -2.43. The van der Waals surface area contributed by atoms with Crippen LogP contribution in [0.4, 0.5) is 0 Å². The number of ether oxygens (including phenoxy) is 1. The van der Waals surface area contributed by atoms with Gasteiger partial charge in [0.25, 0.3) is 5.91 Å². The van der Waals surface area contributed by atoms with Crippen LogP contribution in [-0.2, 0) is 17.9 Å². The monoisotopic (exact) mass is 539 g/mol. The van der Waals surface area contributed by atoms with E-state index in [0.29, 0.717) is 37.4 Å². The highest BCUT2D eigenvalue weighted by Crippen LogP contribution is 2.27. The highest BCUT2D eigenvalue weighted by atomic mass is 16.5. The van der Waals surface area contributed by atoms with E-state index in [4.69, 9.17) is 4.74 Å². The number of hydrogen-bond acceptors (Lipinski definition) is 7. The fourth-order valence-corrected chi connectivity index (χ4v) is 5.44. The first-order valence-corrected chi connectivity index (χ1v) is 13.4. The molecular formula is C31H33N5O4. The van der Waals surface area contributed by atoms with Crippen LogP contribution in [-0.4, -0.2) is 50.5 Å². The summed E-state index contributed by atoms with van der Waals surface area (Å²) in [5, 5.41) is 13.4. The molecule has 40 heavy (non-hydrogen) atoms. The van der Waals surface area contributed by atoms with Crippen molar-refractivity contribution in [2.45, 2.75) is 44.9 Å². The Labute approximate surface area is 233 Å².